The first kappa shape index (κ1) is 26.9. The summed E-state index contributed by atoms with van der Waals surface area (Å²) < 4.78 is 21.7. The Morgan fingerprint density at radius 2 is 1.87 bits per heavy atom. The molecule has 2 amide bonds. The number of benzene rings is 2. The summed E-state index contributed by atoms with van der Waals surface area (Å²) in [5.74, 6) is -0.427. The van der Waals surface area contributed by atoms with E-state index in [1.54, 1.807) is 25.4 Å². The van der Waals surface area contributed by atoms with E-state index in [0.717, 1.165) is 36.9 Å². The van der Waals surface area contributed by atoms with Crippen LogP contribution < -0.4 is 10.6 Å². The molecule has 8 nitrogen and oxygen atoms in total. The molecule has 9 heteroatoms. The molecule has 1 aromatic heterocycles. The lowest BCUT2D eigenvalue weighted by Gasteiger charge is -2.36. The van der Waals surface area contributed by atoms with Gasteiger partial charge in [-0.25, -0.2) is 14.2 Å². The van der Waals surface area contributed by atoms with Crippen molar-refractivity contribution in [3.05, 3.63) is 78.0 Å². The Hall–Kier alpha value is -3.72. The molecule has 2 aliphatic rings. The predicted octanol–water partition coefficient (Wildman–Crippen LogP) is 4.58. The number of hydrogen-bond acceptors (Lipinski definition) is 5. The summed E-state index contributed by atoms with van der Waals surface area (Å²) in [6.07, 6.45) is 5.42. The summed E-state index contributed by atoms with van der Waals surface area (Å²) in [6.45, 7) is 3.84. The molecule has 2 fully saturated rings. The second-order valence-electron chi connectivity index (χ2n) is 10.2. The standard InChI is InChI=1S/C30H36FN5O3/c1-2-39-30(38)34-25-14-8-9-15-26(25)36-20-33-27(28(36)21-10-4-3-5-11-21)29(37)35-17-16-32-19-23(35)18-22-12-6-7-13-24(22)31/h3-7,10-13,20,23,25-26,32H,2,8-9,14-19H2,1H3,(H,34,38)/t23-,25+,26+/m1/s1. The third-order valence-corrected chi connectivity index (χ3v) is 7.73. The SMILES string of the molecule is CCOC(=O)N[C@H]1CCCC[C@@H]1n1cnc(C(=O)N2CCNC[C@H]2Cc2ccccc2F)c1-c1ccccc1. The van der Waals surface area contributed by atoms with Gasteiger partial charge in [-0.05, 0) is 37.8 Å². The summed E-state index contributed by atoms with van der Waals surface area (Å²) in [4.78, 5) is 33.0. The molecule has 1 saturated carbocycles. The van der Waals surface area contributed by atoms with Crippen molar-refractivity contribution in [2.45, 2.75) is 57.2 Å². The van der Waals surface area contributed by atoms with E-state index in [0.29, 0.717) is 43.9 Å². The molecule has 2 heterocycles. The van der Waals surface area contributed by atoms with Crippen molar-refractivity contribution in [2.24, 2.45) is 0 Å². The number of ether oxygens (including phenoxy) is 1. The number of halogens is 1. The number of carbonyl (C=O) groups is 2. The van der Waals surface area contributed by atoms with Gasteiger partial charge in [-0.1, -0.05) is 61.4 Å². The maximum absolute atomic E-state index is 14.5. The summed E-state index contributed by atoms with van der Waals surface area (Å²) in [5.41, 5.74) is 2.60. The van der Waals surface area contributed by atoms with Gasteiger partial charge in [-0.15, -0.1) is 0 Å². The molecular formula is C30H36FN5O3. The molecule has 1 aliphatic heterocycles. The lowest BCUT2D eigenvalue weighted by atomic mass is 9.89. The number of nitrogens with zero attached hydrogens (tertiary/aromatic N) is 3. The zero-order valence-corrected chi connectivity index (χ0v) is 22.3. The van der Waals surface area contributed by atoms with Gasteiger partial charge in [0, 0.05) is 31.2 Å². The molecule has 206 valence electrons. The summed E-state index contributed by atoms with van der Waals surface area (Å²) in [6, 6.07) is 16.1. The molecule has 1 aliphatic carbocycles. The third kappa shape index (κ3) is 5.98. The molecule has 3 atom stereocenters. The van der Waals surface area contributed by atoms with Crippen molar-refractivity contribution < 1.29 is 18.7 Å². The van der Waals surface area contributed by atoms with Gasteiger partial charge < -0.3 is 24.8 Å². The van der Waals surface area contributed by atoms with Crippen molar-refractivity contribution >= 4 is 12.0 Å². The zero-order valence-electron chi connectivity index (χ0n) is 22.3. The summed E-state index contributed by atoms with van der Waals surface area (Å²) >= 11 is 0. The Morgan fingerprint density at radius 3 is 2.67 bits per heavy atom. The van der Waals surface area contributed by atoms with Crippen LogP contribution in [0.15, 0.2) is 60.9 Å². The minimum Gasteiger partial charge on any atom is -0.450 e. The summed E-state index contributed by atoms with van der Waals surface area (Å²) in [5, 5.41) is 6.39. The molecule has 2 aromatic carbocycles. The van der Waals surface area contributed by atoms with Crippen LogP contribution in [0, 0.1) is 5.82 Å². The highest BCUT2D eigenvalue weighted by Gasteiger charge is 2.35. The van der Waals surface area contributed by atoms with E-state index in [2.05, 4.69) is 20.2 Å². The second kappa shape index (κ2) is 12.4. The Bertz CT molecular complexity index is 1280. The van der Waals surface area contributed by atoms with Crippen LogP contribution in [0.3, 0.4) is 0 Å². The molecular weight excluding hydrogens is 497 g/mol. The van der Waals surface area contributed by atoms with Crippen LogP contribution in [0.5, 0.6) is 0 Å². The first-order valence-electron chi connectivity index (χ1n) is 13.9. The molecule has 0 unspecified atom stereocenters. The first-order valence-corrected chi connectivity index (χ1v) is 13.9. The normalized spacial score (nSPS) is 21.4. The van der Waals surface area contributed by atoms with Crippen molar-refractivity contribution in [3.8, 4) is 11.3 Å². The van der Waals surface area contributed by atoms with E-state index >= 15 is 0 Å². The van der Waals surface area contributed by atoms with Gasteiger partial charge in [0.25, 0.3) is 5.91 Å². The van der Waals surface area contributed by atoms with Crippen LogP contribution in [0.2, 0.25) is 0 Å². The minimum absolute atomic E-state index is 0.0651. The number of hydrogen-bond donors (Lipinski definition) is 2. The number of amides is 2. The van der Waals surface area contributed by atoms with Crippen LogP contribution in [-0.4, -0.2) is 64.8 Å². The average Bonchev–Trinajstić information content (AvgIpc) is 3.40. The highest BCUT2D eigenvalue weighted by molar-refractivity contribution is 5.98. The number of piperazine rings is 1. The van der Waals surface area contributed by atoms with Crippen LogP contribution in [0.1, 0.15) is 54.7 Å². The molecule has 39 heavy (non-hydrogen) atoms. The van der Waals surface area contributed by atoms with Crippen LogP contribution in [0.4, 0.5) is 9.18 Å². The van der Waals surface area contributed by atoms with Gasteiger partial charge >= 0.3 is 6.09 Å². The highest BCUT2D eigenvalue weighted by atomic mass is 19.1. The van der Waals surface area contributed by atoms with Gasteiger partial charge in [0.05, 0.1) is 30.7 Å². The molecule has 0 spiro atoms. The fourth-order valence-corrected chi connectivity index (χ4v) is 5.85. The van der Waals surface area contributed by atoms with Gasteiger partial charge in [0.1, 0.15) is 5.82 Å². The van der Waals surface area contributed by atoms with Gasteiger partial charge in [0.2, 0.25) is 0 Å². The zero-order chi connectivity index (χ0) is 27.2. The molecule has 1 saturated heterocycles. The Balaban J connectivity index is 1.49. The smallest absolute Gasteiger partial charge is 0.407 e. The van der Waals surface area contributed by atoms with E-state index in [1.807, 2.05) is 41.3 Å². The monoisotopic (exact) mass is 533 g/mol. The third-order valence-electron chi connectivity index (χ3n) is 7.73. The predicted molar refractivity (Wildman–Crippen MR) is 147 cm³/mol. The van der Waals surface area contributed by atoms with Crippen LogP contribution in [0.25, 0.3) is 11.3 Å². The number of rotatable bonds is 7. The van der Waals surface area contributed by atoms with E-state index in [-0.39, 0.29) is 29.8 Å². The van der Waals surface area contributed by atoms with E-state index in [9.17, 15) is 14.0 Å². The van der Waals surface area contributed by atoms with Crippen LogP contribution in [-0.2, 0) is 11.2 Å². The maximum atomic E-state index is 14.5. The van der Waals surface area contributed by atoms with Crippen molar-refractivity contribution in [3.63, 3.8) is 0 Å². The van der Waals surface area contributed by atoms with E-state index < -0.39 is 6.09 Å². The summed E-state index contributed by atoms with van der Waals surface area (Å²) in [7, 11) is 0. The largest absolute Gasteiger partial charge is 0.450 e. The lowest BCUT2D eigenvalue weighted by Crippen LogP contribution is -2.54. The second-order valence-corrected chi connectivity index (χ2v) is 10.2. The van der Waals surface area contributed by atoms with E-state index in [1.165, 1.54) is 6.07 Å². The minimum atomic E-state index is -0.427. The Labute approximate surface area is 228 Å². The Morgan fingerprint density at radius 1 is 1.10 bits per heavy atom. The fraction of sp³-hybridized carbons (Fsp3) is 0.433. The number of carbonyl (C=O) groups excluding carboxylic acids is 2. The van der Waals surface area contributed by atoms with E-state index in [4.69, 9.17) is 4.74 Å². The van der Waals surface area contributed by atoms with Gasteiger partial charge in [-0.2, -0.15) is 0 Å². The molecule has 3 aromatic rings. The number of aromatic nitrogens is 2. The molecule has 0 radical (unpaired) electrons. The van der Waals surface area contributed by atoms with Gasteiger partial charge in [0.15, 0.2) is 5.69 Å². The Kier molecular flexibility index (Phi) is 8.56. The lowest BCUT2D eigenvalue weighted by molar-refractivity contribution is 0.0630. The molecule has 2 N–H and O–H groups in total. The van der Waals surface area contributed by atoms with Crippen LogP contribution >= 0.6 is 0 Å². The number of nitrogens with one attached hydrogen (secondary N) is 2. The van der Waals surface area contributed by atoms with Crippen molar-refractivity contribution in [1.29, 1.82) is 0 Å². The topological polar surface area (TPSA) is 88.5 Å². The number of alkyl carbamates (subject to hydrolysis) is 1. The molecule has 0 bridgehead atoms. The van der Waals surface area contributed by atoms with Gasteiger partial charge in [-0.3, -0.25) is 4.79 Å². The van der Waals surface area contributed by atoms with Crippen molar-refractivity contribution in [1.82, 2.24) is 25.1 Å². The fourth-order valence-electron chi connectivity index (χ4n) is 5.85. The quantitative estimate of drug-likeness (QED) is 0.464. The highest BCUT2D eigenvalue weighted by Crippen LogP contribution is 2.35. The number of imidazole rings is 1. The maximum Gasteiger partial charge on any atom is 0.407 e. The van der Waals surface area contributed by atoms with Crippen molar-refractivity contribution in [2.75, 3.05) is 26.2 Å². The average molecular weight is 534 g/mol. The first-order chi connectivity index (χ1) is 19.1. The molecule has 5 rings (SSSR count).